The summed E-state index contributed by atoms with van der Waals surface area (Å²) in [6.45, 7) is 0. The molecule has 4 heterocycles. The summed E-state index contributed by atoms with van der Waals surface area (Å²) < 4.78 is 3.93. The Balaban J connectivity index is 0.000000203. The molecule has 6 rings (SSSR count). The van der Waals surface area contributed by atoms with Crippen molar-refractivity contribution in [2.45, 2.75) is 0 Å². The predicted octanol–water partition coefficient (Wildman–Crippen LogP) is 5.74. The molecular formula is C30H28Cl2N6O2. The van der Waals surface area contributed by atoms with E-state index in [1.54, 1.807) is 31.3 Å². The largest absolute Gasteiger partial charge is 0.355 e. The van der Waals surface area contributed by atoms with Gasteiger partial charge < -0.3 is 19.9 Å². The topological polar surface area (TPSA) is 107 Å². The number of nitrogens with two attached hydrogens (primary N) is 1. The molecule has 0 radical (unpaired) electrons. The van der Waals surface area contributed by atoms with E-state index in [9.17, 15) is 9.59 Å². The average Bonchev–Trinajstić information content (AvgIpc) is 3.63. The highest BCUT2D eigenvalue weighted by Gasteiger charge is 2.07. The van der Waals surface area contributed by atoms with Crippen LogP contribution < -0.4 is 11.1 Å². The van der Waals surface area contributed by atoms with Gasteiger partial charge in [0.1, 0.15) is 11.3 Å². The van der Waals surface area contributed by atoms with Crippen molar-refractivity contribution in [1.29, 1.82) is 0 Å². The van der Waals surface area contributed by atoms with Crippen molar-refractivity contribution >= 4 is 46.5 Å². The maximum atomic E-state index is 11.5. The zero-order valence-electron chi connectivity index (χ0n) is 21.9. The fourth-order valence-electron chi connectivity index (χ4n) is 3.86. The molecule has 0 unspecified atom stereocenters. The molecule has 4 aromatic heterocycles. The van der Waals surface area contributed by atoms with Crippen LogP contribution in [0.4, 0.5) is 0 Å². The van der Waals surface area contributed by atoms with Crippen LogP contribution in [0.2, 0.25) is 0 Å². The van der Waals surface area contributed by atoms with E-state index in [2.05, 4.69) is 21.0 Å². The lowest BCUT2D eigenvalue weighted by molar-refractivity contribution is 0.0962. The van der Waals surface area contributed by atoms with Gasteiger partial charge in [0.05, 0.1) is 11.4 Å². The molecule has 0 aliphatic carbocycles. The Morgan fingerprint density at radius 2 is 1.12 bits per heavy atom. The van der Waals surface area contributed by atoms with Crippen LogP contribution in [0.25, 0.3) is 33.8 Å². The van der Waals surface area contributed by atoms with Gasteiger partial charge in [-0.05, 0) is 67.2 Å². The monoisotopic (exact) mass is 574 g/mol. The summed E-state index contributed by atoms with van der Waals surface area (Å²) in [5.41, 5.74) is 11.2. The number of carbonyl (C=O) groups is 2. The van der Waals surface area contributed by atoms with Crippen molar-refractivity contribution in [1.82, 2.24) is 24.1 Å². The van der Waals surface area contributed by atoms with Gasteiger partial charge in [-0.2, -0.15) is 0 Å². The predicted molar refractivity (Wildman–Crippen MR) is 162 cm³/mol. The number of pyridine rings is 2. The number of halogens is 2. The summed E-state index contributed by atoms with van der Waals surface area (Å²) >= 11 is 5.41. The summed E-state index contributed by atoms with van der Waals surface area (Å²) in [7, 11) is 3.12. The Bertz CT molecular complexity index is 1640. The molecule has 0 fully saturated rings. The standard InChI is InChI=1S/C15H13N3O.C14H9ClN2O.CH5N.ClH/c1-16-15(19)12-7-5-11(6-8-12)13-10-18-9-3-2-4-14(18)17-13;15-14(18)11-6-4-10(5-7-11)12-9-17-8-2-1-3-13(17)16-12;1-2;/h2-10H,1H3,(H,16,19);1-9H;2H2,1H3;1H. The number of benzene rings is 2. The molecule has 1 amide bonds. The van der Waals surface area contributed by atoms with Crippen LogP contribution in [0.5, 0.6) is 0 Å². The highest BCUT2D eigenvalue weighted by atomic mass is 35.5. The van der Waals surface area contributed by atoms with Gasteiger partial charge in [0.25, 0.3) is 11.1 Å². The first-order valence-electron chi connectivity index (χ1n) is 12.1. The molecule has 8 nitrogen and oxygen atoms in total. The van der Waals surface area contributed by atoms with Crippen LogP contribution in [0.3, 0.4) is 0 Å². The van der Waals surface area contributed by atoms with Gasteiger partial charge in [-0.15, -0.1) is 12.4 Å². The number of amides is 1. The molecule has 0 spiro atoms. The number of hydrogen-bond donors (Lipinski definition) is 2. The molecule has 3 N–H and O–H groups in total. The van der Waals surface area contributed by atoms with Gasteiger partial charge in [-0.3, -0.25) is 9.59 Å². The number of carbonyl (C=O) groups excluding carboxylic acids is 2. The fourth-order valence-corrected chi connectivity index (χ4v) is 3.98. The molecule has 40 heavy (non-hydrogen) atoms. The average molecular weight is 576 g/mol. The summed E-state index contributed by atoms with van der Waals surface area (Å²) in [4.78, 5) is 31.5. The zero-order valence-corrected chi connectivity index (χ0v) is 23.4. The van der Waals surface area contributed by atoms with Crippen LogP contribution >= 0.6 is 24.0 Å². The number of nitrogens with zero attached hydrogens (tertiary/aromatic N) is 4. The number of rotatable bonds is 4. The quantitative estimate of drug-likeness (QED) is 0.261. The Kier molecular flexibility index (Phi) is 10.6. The van der Waals surface area contributed by atoms with Crippen molar-refractivity contribution in [2.24, 2.45) is 5.73 Å². The van der Waals surface area contributed by atoms with Crippen molar-refractivity contribution in [2.75, 3.05) is 14.1 Å². The van der Waals surface area contributed by atoms with Crippen LogP contribution in [-0.2, 0) is 0 Å². The number of aromatic nitrogens is 4. The molecule has 0 aliphatic rings. The minimum Gasteiger partial charge on any atom is -0.355 e. The lowest BCUT2D eigenvalue weighted by atomic mass is 10.1. The smallest absolute Gasteiger partial charge is 0.252 e. The van der Waals surface area contributed by atoms with Gasteiger partial charge >= 0.3 is 0 Å². The first-order chi connectivity index (χ1) is 19.0. The maximum absolute atomic E-state index is 11.5. The van der Waals surface area contributed by atoms with Crippen LogP contribution in [0.1, 0.15) is 20.7 Å². The molecular weight excluding hydrogens is 547 g/mol. The number of fused-ring (bicyclic) bond motifs is 2. The summed E-state index contributed by atoms with van der Waals surface area (Å²) in [6, 6.07) is 26.2. The minimum absolute atomic E-state index is 0. The van der Waals surface area contributed by atoms with Crippen LogP contribution in [0.15, 0.2) is 110 Å². The van der Waals surface area contributed by atoms with E-state index in [4.69, 9.17) is 11.6 Å². The number of hydrogen-bond acceptors (Lipinski definition) is 5. The SMILES string of the molecule is CN.CNC(=O)c1ccc(-c2cn3ccccc3n2)cc1.Cl.O=C(Cl)c1ccc(-c2cn3ccccc3n2)cc1. The highest BCUT2D eigenvalue weighted by Crippen LogP contribution is 2.21. The van der Waals surface area contributed by atoms with E-state index < -0.39 is 5.24 Å². The molecule has 0 saturated carbocycles. The third-order valence-corrected chi connectivity index (χ3v) is 6.02. The second kappa shape index (κ2) is 14.0. The van der Waals surface area contributed by atoms with Crippen molar-refractivity contribution in [3.05, 3.63) is 121 Å². The Morgan fingerprint density at radius 1 is 0.700 bits per heavy atom. The summed E-state index contributed by atoms with van der Waals surface area (Å²) in [5.74, 6) is -0.0819. The van der Waals surface area contributed by atoms with Crippen LogP contribution in [0, 0.1) is 0 Å². The molecule has 0 bridgehead atoms. The molecule has 6 aromatic rings. The molecule has 0 aliphatic heterocycles. The van der Waals surface area contributed by atoms with E-state index >= 15 is 0 Å². The second-order valence-corrected chi connectivity index (χ2v) is 8.54. The third kappa shape index (κ3) is 6.92. The Morgan fingerprint density at radius 3 is 1.50 bits per heavy atom. The number of imidazole rings is 2. The van der Waals surface area contributed by atoms with Gasteiger partial charge in [-0.25, -0.2) is 9.97 Å². The van der Waals surface area contributed by atoms with E-state index in [1.807, 2.05) is 94.3 Å². The molecule has 2 aromatic carbocycles. The van der Waals surface area contributed by atoms with E-state index in [-0.39, 0.29) is 18.3 Å². The first-order valence-corrected chi connectivity index (χ1v) is 12.5. The molecule has 0 atom stereocenters. The summed E-state index contributed by atoms with van der Waals surface area (Å²) in [5, 5.41) is 2.16. The van der Waals surface area contributed by atoms with Crippen molar-refractivity contribution in [3.8, 4) is 22.5 Å². The van der Waals surface area contributed by atoms with Gasteiger partial charge in [0, 0.05) is 54.1 Å². The second-order valence-electron chi connectivity index (χ2n) is 8.19. The molecule has 204 valence electrons. The zero-order chi connectivity index (χ0) is 27.8. The Hall–Kier alpha value is -4.50. The lowest BCUT2D eigenvalue weighted by Gasteiger charge is -2.00. The normalized spacial score (nSPS) is 10.0. The molecule has 0 saturated heterocycles. The van der Waals surface area contributed by atoms with E-state index in [0.29, 0.717) is 11.1 Å². The number of nitrogens with one attached hydrogen (secondary N) is 1. The first kappa shape index (κ1) is 30.0. The maximum Gasteiger partial charge on any atom is 0.252 e. The van der Waals surface area contributed by atoms with E-state index in [0.717, 1.165) is 33.8 Å². The summed E-state index contributed by atoms with van der Waals surface area (Å²) in [6.07, 6.45) is 7.84. The Labute approximate surface area is 242 Å². The highest BCUT2D eigenvalue weighted by molar-refractivity contribution is 6.67. The third-order valence-electron chi connectivity index (χ3n) is 5.81. The van der Waals surface area contributed by atoms with Gasteiger partial charge in [0.2, 0.25) is 0 Å². The lowest BCUT2D eigenvalue weighted by Crippen LogP contribution is -2.17. The van der Waals surface area contributed by atoms with E-state index in [1.165, 1.54) is 7.05 Å². The minimum atomic E-state index is -0.448. The van der Waals surface area contributed by atoms with Gasteiger partial charge in [0.15, 0.2) is 0 Å². The van der Waals surface area contributed by atoms with Crippen molar-refractivity contribution in [3.63, 3.8) is 0 Å². The van der Waals surface area contributed by atoms with Crippen LogP contribution in [-0.4, -0.2) is 44.0 Å². The fraction of sp³-hybridized carbons (Fsp3) is 0.0667. The van der Waals surface area contributed by atoms with Gasteiger partial charge in [-0.1, -0.05) is 36.4 Å². The van der Waals surface area contributed by atoms with Crippen molar-refractivity contribution < 1.29 is 9.59 Å². The molecule has 10 heteroatoms.